The number of hydrogen-bond donors (Lipinski definition) is 1. The van der Waals surface area contributed by atoms with Crippen LogP contribution in [0.3, 0.4) is 0 Å². The Kier molecular flexibility index (Phi) is 5.51. The third-order valence-corrected chi connectivity index (χ3v) is 4.11. The van der Waals surface area contributed by atoms with Crippen LogP contribution in [0.5, 0.6) is 5.75 Å². The Bertz CT molecular complexity index is 447. The lowest BCUT2D eigenvalue weighted by Crippen LogP contribution is -2.30. The highest BCUT2D eigenvalue weighted by atomic mass is 19.4. The summed E-state index contributed by atoms with van der Waals surface area (Å²) >= 11 is 0. The molecule has 0 aliphatic heterocycles. The molecule has 1 aliphatic rings. The molecule has 0 radical (unpaired) electrons. The zero-order chi connectivity index (χ0) is 15.3. The Morgan fingerprint density at radius 2 is 1.90 bits per heavy atom. The molecule has 0 saturated heterocycles. The Hall–Kier alpha value is -1.23. The monoisotopic (exact) mass is 301 g/mol. The summed E-state index contributed by atoms with van der Waals surface area (Å²) in [5.41, 5.74) is 0.692. The number of alkyl halides is 3. The van der Waals surface area contributed by atoms with Gasteiger partial charge in [0.1, 0.15) is 5.75 Å². The smallest absolute Gasteiger partial charge is 0.405 e. The van der Waals surface area contributed by atoms with Crippen molar-refractivity contribution in [1.82, 2.24) is 5.32 Å². The highest BCUT2D eigenvalue weighted by molar-refractivity contribution is 5.37. The van der Waals surface area contributed by atoms with Crippen LogP contribution in [0.25, 0.3) is 0 Å². The predicted octanol–water partition coefficient (Wildman–Crippen LogP) is 4.47. The van der Waals surface area contributed by atoms with Gasteiger partial charge in [0, 0.05) is 0 Å². The molecule has 1 aromatic rings. The van der Waals surface area contributed by atoms with Crippen molar-refractivity contribution in [1.29, 1.82) is 0 Å². The number of rotatable bonds is 5. The van der Waals surface area contributed by atoms with E-state index in [1.54, 1.807) is 18.2 Å². The molecule has 1 N–H and O–H groups in total. The quantitative estimate of drug-likeness (QED) is 0.866. The normalized spacial score (nSPS) is 23.0. The van der Waals surface area contributed by atoms with Gasteiger partial charge in [-0.05, 0) is 49.4 Å². The molecule has 0 aromatic heterocycles. The van der Waals surface area contributed by atoms with Gasteiger partial charge in [0.15, 0.2) is 0 Å². The van der Waals surface area contributed by atoms with Gasteiger partial charge in [0.25, 0.3) is 0 Å². The fraction of sp³-hybridized carbons (Fsp3) is 0.625. The lowest BCUT2D eigenvalue weighted by molar-refractivity contribution is -0.275. The summed E-state index contributed by atoms with van der Waals surface area (Å²) in [4.78, 5) is 0. The molecule has 1 aliphatic carbocycles. The molecule has 0 spiro atoms. The summed E-state index contributed by atoms with van der Waals surface area (Å²) < 4.78 is 41.9. The molecule has 2 nitrogen and oxygen atoms in total. The first kappa shape index (κ1) is 16.1. The van der Waals surface area contributed by atoms with Crippen molar-refractivity contribution >= 4 is 0 Å². The SMILES string of the molecule is CCNCC1CCCCC1c1ccccc1OC(F)(F)F. The number of ether oxygens (including phenoxy) is 1. The zero-order valence-corrected chi connectivity index (χ0v) is 12.2. The van der Waals surface area contributed by atoms with Crippen LogP contribution in [-0.4, -0.2) is 19.5 Å². The molecule has 21 heavy (non-hydrogen) atoms. The van der Waals surface area contributed by atoms with Gasteiger partial charge in [-0.15, -0.1) is 13.2 Å². The van der Waals surface area contributed by atoms with E-state index >= 15 is 0 Å². The number of halogens is 3. The van der Waals surface area contributed by atoms with E-state index in [0.717, 1.165) is 38.8 Å². The number of benzene rings is 1. The Balaban J connectivity index is 2.21. The topological polar surface area (TPSA) is 21.3 Å². The number of hydrogen-bond acceptors (Lipinski definition) is 2. The molecule has 1 fully saturated rings. The molecule has 0 amide bonds. The first-order chi connectivity index (χ1) is 10.0. The largest absolute Gasteiger partial charge is 0.573 e. The fourth-order valence-electron chi connectivity index (χ4n) is 3.20. The summed E-state index contributed by atoms with van der Waals surface area (Å²) in [6.45, 7) is 3.77. The lowest BCUT2D eigenvalue weighted by Gasteiger charge is -2.33. The minimum atomic E-state index is -4.64. The van der Waals surface area contributed by atoms with Gasteiger partial charge in [-0.3, -0.25) is 0 Å². The van der Waals surface area contributed by atoms with Crippen molar-refractivity contribution in [2.24, 2.45) is 5.92 Å². The van der Waals surface area contributed by atoms with Crippen LogP contribution in [0.2, 0.25) is 0 Å². The second-order valence-corrected chi connectivity index (χ2v) is 5.54. The molecule has 1 aromatic carbocycles. The van der Waals surface area contributed by atoms with E-state index < -0.39 is 6.36 Å². The first-order valence-electron chi connectivity index (χ1n) is 7.56. The molecule has 118 valence electrons. The van der Waals surface area contributed by atoms with Gasteiger partial charge in [0.2, 0.25) is 0 Å². The third kappa shape index (κ3) is 4.63. The lowest BCUT2D eigenvalue weighted by atomic mass is 9.75. The van der Waals surface area contributed by atoms with Crippen LogP contribution in [0.15, 0.2) is 24.3 Å². The van der Waals surface area contributed by atoms with E-state index in [4.69, 9.17) is 0 Å². The molecular formula is C16H22F3NO. The minimum absolute atomic E-state index is 0.0431. The van der Waals surface area contributed by atoms with Crippen LogP contribution in [0.1, 0.15) is 44.1 Å². The van der Waals surface area contributed by atoms with Crippen molar-refractivity contribution in [3.8, 4) is 5.75 Å². The predicted molar refractivity (Wildman–Crippen MR) is 76.4 cm³/mol. The van der Waals surface area contributed by atoms with E-state index in [1.807, 2.05) is 6.92 Å². The van der Waals surface area contributed by atoms with Crippen molar-refractivity contribution in [3.63, 3.8) is 0 Å². The van der Waals surface area contributed by atoms with Gasteiger partial charge < -0.3 is 10.1 Å². The van der Waals surface area contributed by atoms with E-state index in [9.17, 15) is 13.2 Å². The van der Waals surface area contributed by atoms with Gasteiger partial charge in [-0.2, -0.15) is 0 Å². The summed E-state index contributed by atoms with van der Waals surface area (Å²) in [5.74, 6) is 0.464. The van der Waals surface area contributed by atoms with Crippen LogP contribution in [0, 0.1) is 5.92 Å². The van der Waals surface area contributed by atoms with E-state index in [-0.39, 0.29) is 11.7 Å². The van der Waals surface area contributed by atoms with Crippen molar-refractivity contribution < 1.29 is 17.9 Å². The van der Waals surface area contributed by atoms with Crippen molar-refractivity contribution in [3.05, 3.63) is 29.8 Å². The number of para-hydroxylation sites is 1. The molecule has 0 heterocycles. The van der Waals surface area contributed by atoms with Gasteiger partial charge in [0.05, 0.1) is 0 Å². The summed E-state index contributed by atoms with van der Waals surface area (Å²) in [6, 6.07) is 6.57. The molecule has 5 heteroatoms. The van der Waals surface area contributed by atoms with E-state index in [2.05, 4.69) is 10.1 Å². The second-order valence-electron chi connectivity index (χ2n) is 5.54. The van der Waals surface area contributed by atoms with Gasteiger partial charge in [-0.25, -0.2) is 0 Å². The highest BCUT2D eigenvalue weighted by Crippen LogP contribution is 2.42. The number of nitrogens with one attached hydrogen (secondary N) is 1. The molecule has 1 saturated carbocycles. The van der Waals surface area contributed by atoms with Crippen LogP contribution >= 0.6 is 0 Å². The minimum Gasteiger partial charge on any atom is -0.405 e. The summed E-state index contributed by atoms with van der Waals surface area (Å²) in [7, 11) is 0. The van der Waals surface area contributed by atoms with Gasteiger partial charge in [-0.1, -0.05) is 38.0 Å². The zero-order valence-electron chi connectivity index (χ0n) is 12.2. The van der Waals surface area contributed by atoms with Crippen LogP contribution < -0.4 is 10.1 Å². The standard InChI is InChI=1S/C16H22F3NO/c1-2-20-11-12-7-3-4-8-13(12)14-9-5-6-10-15(14)21-16(17,18)19/h5-6,9-10,12-13,20H,2-4,7-8,11H2,1H3. The molecule has 2 atom stereocenters. The fourth-order valence-corrected chi connectivity index (χ4v) is 3.20. The molecule has 2 unspecified atom stereocenters. The van der Waals surface area contributed by atoms with Crippen LogP contribution in [-0.2, 0) is 0 Å². The van der Waals surface area contributed by atoms with E-state index in [0.29, 0.717) is 11.5 Å². The highest BCUT2D eigenvalue weighted by Gasteiger charge is 2.34. The Labute approximate surface area is 123 Å². The first-order valence-corrected chi connectivity index (χ1v) is 7.56. The van der Waals surface area contributed by atoms with E-state index in [1.165, 1.54) is 6.07 Å². The molecular weight excluding hydrogens is 279 g/mol. The molecule has 0 bridgehead atoms. The summed E-state index contributed by atoms with van der Waals surface area (Å²) in [5, 5.41) is 3.32. The molecule has 2 rings (SSSR count). The Morgan fingerprint density at radius 1 is 1.19 bits per heavy atom. The Morgan fingerprint density at radius 3 is 2.62 bits per heavy atom. The van der Waals surface area contributed by atoms with Crippen LogP contribution in [0.4, 0.5) is 13.2 Å². The maximum Gasteiger partial charge on any atom is 0.573 e. The average molecular weight is 301 g/mol. The maximum absolute atomic E-state index is 12.6. The maximum atomic E-state index is 12.6. The summed E-state index contributed by atoms with van der Waals surface area (Å²) in [6.07, 6.45) is -0.448. The van der Waals surface area contributed by atoms with Crippen molar-refractivity contribution in [2.45, 2.75) is 44.9 Å². The van der Waals surface area contributed by atoms with Crippen molar-refractivity contribution in [2.75, 3.05) is 13.1 Å². The third-order valence-electron chi connectivity index (χ3n) is 4.11. The average Bonchev–Trinajstić information content (AvgIpc) is 2.44. The second kappa shape index (κ2) is 7.16. The van der Waals surface area contributed by atoms with Gasteiger partial charge >= 0.3 is 6.36 Å².